The minimum absolute atomic E-state index is 0.128. The van der Waals surface area contributed by atoms with Crippen molar-refractivity contribution in [3.63, 3.8) is 0 Å². The number of esters is 1. The summed E-state index contributed by atoms with van der Waals surface area (Å²) in [6.45, 7) is 1.27. The summed E-state index contributed by atoms with van der Waals surface area (Å²) in [4.78, 5) is 38.1. The van der Waals surface area contributed by atoms with E-state index in [2.05, 4.69) is 0 Å². The summed E-state index contributed by atoms with van der Waals surface area (Å²) in [5, 5.41) is 0.370. The van der Waals surface area contributed by atoms with Crippen LogP contribution >= 0.6 is 11.6 Å². The van der Waals surface area contributed by atoms with Crippen molar-refractivity contribution in [3.8, 4) is 5.75 Å². The molecule has 1 saturated carbocycles. The number of allylic oxidation sites excluding steroid dienone is 2. The van der Waals surface area contributed by atoms with Gasteiger partial charge in [-0.1, -0.05) is 23.8 Å². The van der Waals surface area contributed by atoms with Crippen LogP contribution in [0.25, 0.3) is 0 Å². The van der Waals surface area contributed by atoms with Gasteiger partial charge in [0.2, 0.25) is 11.8 Å². The van der Waals surface area contributed by atoms with Gasteiger partial charge in [-0.3, -0.25) is 14.4 Å². The first-order valence-electron chi connectivity index (χ1n) is 7.51. The van der Waals surface area contributed by atoms with E-state index >= 15 is 0 Å². The van der Waals surface area contributed by atoms with Crippen LogP contribution < -0.4 is 9.64 Å². The summed E-state index contributed by atoms with van der Waals surface area (Å²) < 4.78 is 5.14. The van der Waals surface area contributed by atoms with Crippen molar-refractivity contribution >= 4 is 35.1 Å². The molecule has 1 aromatic carbocycles. The highest BCUT2D eigenvalue weighted by Gasteiger charge is 2.59. The predicted octanol–water partition coefficient (Wildman–Crippen LogP) is 2.58. The molecule has 4 atom stereocenters. The van der Waals surface area contributed by atoms with Gasteiger partial charge in [-0.25, -0.2) is 4.90 Å². The number of ether oxygens (including phenoxy) is 1. The van der Waals surface area contributed by atoms with E-state index in [0.717, 1.165) is 11.3 Å². The summed E-state index contributed by atoms with van der Waals surface area (Å²) in [5.41, 5.74) is 0.247. The van der Waals surface area contributed by atoms with Gasteiger partial charge in [0.25, 0.3) is 0 Å². The number of benzene rings is 1. The molecule has 6 heteroatoms. The fourth-order valence-electron chi connectivity index (χ4n) is 4.05. The molecule has 0 unspecified atom stereocenters. The molecule has 118 valence electrons. The summed E-state index contributed by atoms with van der Waals surface area (Å²) in [5.74, 6) is -1.16. The molecule has 2 amide bonds. The van der Waals surface area contributed by atoms with E-state index in [1.165, 1.54) is 19.1 Å². The number of carbonyl (C=O) groups is 3. The number of rotatable bonds is 2. The molecule has 0 spiro atoms. The van der Waals surface area contributed by atoms with Crippen molar-refractivity contribution in [3.05, 3.63) is 35.4 Å². The largest absolute Gasteiger partial charge is 0.424 e. The normalized spacial score (nSPS) is 31.0. The number of anilines is 1. The number of amides is 2. The van der Waals surface area contributed by atoms with Gasteiger partial charge < -0.3 is 4.74 Å². The van der Waals surface area contributed by atoms with Crippen LogP contribution in [0.5, 0.6) is 5.75 Å². The lowest BCUT2D eigenvalue weighted by Gasteiger charge is -2.20. The Balaban J connectivity index is 1.77. The molecule has 1 heterocycles. The number of nitrogens with zero attached hydrogens (tertiary/aromatic N) is 1. The number of hydrogen-bond acceptors (Lipinski definition) is 4. The first kappa shape index (κ1) is 14.5. The van der Waals surface area contributed by atoms with Gasteiger partial charge in [-0.15, -0.1) is 0 Å². The molecule has 23 heavy (non-hydrogen) atoms. The van der Waals surface area contributed by atoms with E-state index in [4.69, 9.17) is 16.3 Å². The van der Waals surface area contributed by atoms with Crippen molar-refractivity contribution in [2.75, 3.05) is 4.90 Å². The first-order valence-corrected chi connectivity index (χ1v) is 7.89. The summed E-state index contributed by atoms with van der Waals surface area (Å²) in [6.07, 6.45) is 4.93. The Morgan fingerprint density at radius 2 is 1.78 bits per heavy atom. The van der Waals surface area contributed by atoms with Crippen LogP contribution in [0.3, 0.4) is 0 Å². The Morgan fingerprint density at radius 1 is 1.17 bits per heavy atom. The Morgan fingerprint density at radius 3 is 2.35 bits per heavy atom. The van der Waals surface area contributed by atoms with Gasteiger partial charge >= 0.3 is 5.97 Å². The second kappa shape index (κ2) is 4.93. The fraction of sp³-hybridized carbons (Fsp3) is 0.353. The highest BCUT2D eigenvalue weighted by atomic mass is 35.5. The third kappa shape index (κ3) is 2.03. The third-order valence-corrected chi connectivity index (χ3v) is 5.12. The highest BCUT2D eigenvalue weighted by Crippen LogP contribution is 2.54. The second-order valence-electron chi connectivity index (χ2n) is 6.22. The van der Waals surface area contributed by atoms with E-state index < -0.39 is 5.97 Å². The average molecular weight is 332 g/mol. The third-order valence-electron chi connectivity index (χ3n) is 4.89. The minimum Gasteiger partial charge on any atom is -0.424 e. The molecule has 0 aromatic heterocycles. The quantitative estimate of drug-likeness (QED) is 0.361. The Bertz CT molecular complexity index is 742. The highest BCUT2D eigenvalue weighted by molar-refractivity contribution is 6.31. The van der Waals surface area contributed by atoms with E-state index in [1.54, 1.807) is 6.07 Å². The Kier molecular flexibility index (Phi) is 3.10. The van der Waals surface area contributed by atoms with Crippen molar-refractivity contribution in [2.24, 2.45) is 23.7 Å². The molecule has 0 N–H and O–H groups in total. The summed E-state index contributed by atoms with van der Waals surface area (Å²) in [6, 6.07) is 4.55. The predicted molar refractivity (Wildman–Crippen MR) is 83.0 cm³/mol. The van der Waals surface area contributed by atoms with Crippen LogP contribution in [0, 0.1) is 23.7 Å². The molecule has 5 nitrogen and oxygen atoms in total. The summed E-state index contributed by atoms with van der Waals surface area (Å²) in [7, 11) is 0. The molecular formula is C17H14ClNO4. The van der Waals surface area contributed by atoms with Crippen LogP contribution in [-0.4, -0.2) is 17.8 Å². The number of fused-ring (bicyclic) bond motifs is 5. The molecule has 4 rings (SSSR count). The zero-order valence-electron chi connectivity index (χ0n) is 12.4. The van der Waals surface area contributed by atoms with Gasteiger partial charge in [0, 0.05) is 11.9 Å². The van der Waals surface area contributed by atoms with Crippen LogP contribution in [-0.2, 0) is 14.4 Å². The van der Waals surface area contributed by atoms with E-state index in [9.17, 15) is 14.4 Å². The van der Waals surface area contributed by atoms with Gasteiger partial charge in [0.1, 0.15) is 0 Å². The molecule has 2 aliphatic carbocycles. The lowest BCUT2D eigenvalue weighted by molar-refractivity contribution is -0.132. The lowest BCUT2D eigenvalue weighted by Crippen LogP contribution is -2.33. The van der Waals surface area contributed by atoms with Gasteiger partial charge in [0.15, 0.2) is 5.75 Å². The van der Waals surface area contributed by atoms with Crippen molar-refractivity contribution in [2.45, 2.75) is 13.3 Å². The fourth-order valence-corrected chi connectivity index (χ4v) is 4.21. The number of halogens is 1. The van der Waals surface area contributed by atoms with Gasteiger partial charge in [-0.2, -0.15) is 0 Å². The molecule has 2 fully saturated rings. The monoisotopic (exact) mass is 331 g/mol. The topological polar surface area (TPSA) is 63.7 Å². The number of carbonyl (C=O) groups excluding carboxylic acids is 3. The van der Waals surface area contributed by atoms with E-state index in [0.29, 0.717) is 5.02 Å². The SMILES string of the molecule is CC(=O)Oc1ccc(Cl)cc1N1C(=O)[C@@H]2[C@@H](C1=O)[C@H]1C=C[C@H]2C1. The maximum atomic E-state index is 12.8. The molecule has 3 aliphatic rings. The molecular weight excluding hydrogens is 318 g/mol. The van der Waals surface area contributed by atoms with Crippen molar-refractivity contribution < 1.29 is 19.1 Å². The smallest absolute Gasteiger partial charge is 0.308 e. The first-order chi connectivity index (χ1) is 11.0. The van der Waals surface area contributed by atoms with Crippen LogP contribution in [0.1, 0.15) is 13.3 Å². The van der Waals surface area contributed by atoms with Crippen LogP contribution in [0.2, 0.25) is 5.02 Å². The van der Waals surface area contributed by atoms with E-state index in [1.807, 2.05) is 12.2 Å². The maximum Gasteiger partial charge on any atom is 0.308 e. The minimum atomic E-state index is -0.519. The Hall–Kier alpha value is -2.14. The molecule has 1 aromatic rings. The second-order valence-corrected chi connectivity index (χ2v) is 6.65. The molecule has 1 aliphatic heterocycles. The van der Waals surface area contributed by atoms with Crippen LogP contribution in [0.15, 0.2) is 30.4 Å². The maximum absolute atomic E-state index is 12.8. The van der Waals surface area contributed by atoms with Crippen LogP contribution in [0.4, 0.5) is 5.69 Å². The zero-order valence-corrected chi connectivity index (χ0v) is 13.1. The van der Waals surface area contributed by atoms with Crippen molar-refractivity contribution in [1.29, 1.82) is 0 Å². The Labute approximate surface area is 137 Å². The molecule has 2 bridgehead atoms. The number of hydrogen-bond donors (Lipinski definition) is 0. The average Bonchev–Trinajstić information content (AvgIpc) is 3.15. The van der Waals surface area contributed by atoms with Crippen molar-refractivity contribution in [1.82, 2.24) is 0 Å². The standard InChI is InChI=1S/C17H14ClNO4/c1-8(20)23-13-5-4-11(18)7-12(13)19-16(21)14-9-2-3-10(6-9)15(14)17(19)22/h2-5,7,9-10,14-15H,6H2,1H3/t9-,10-,14-,15-/m0/s1. The number of imide groups is 1. The lowest BCUT2D eigenvalue weighted by atomic mass is 9.85. The molecule has 0 radical (unpaired) electrons. The molecule has 1 saturated heterocycles. The van der Waals surface area contributed by atoms with Gasteiger partial charge in [-0.05, 0) is 36.5 Å². The zero-order chi connectivity index (χ0) is 16.3. The van der Waals surface area contributed by atoms with Gasteiger partial charge in [0.05, 0.1) is 17.5 Å². The summed E-state index contributed by atoms with van der Waals surface area (Å²) >= 11 is 6.02. The van der Waals surface area contributed by atoms with E-state index in [-0.39, 0.29) is 46.9 Å².